The van der Waals surface area contributed by atoms with Crippen LogP contribution in [0.1, 0.15) is 12.8 Å². The van der Waals surface area contributed by atoms with Gasteiger partial charge in [0.05, 0.1) is 0 Å². The molecule has 0 radical (unpaired) electrons. The van der Waals surface area contributed by atoms with Gasteiger partial charge in [-0.2, -0.15) is 0 Å². The van der Waals surface area contributed by atoms with Crippen molar-refractivity contribution in [3.05, 3.63) is 0 Å². The highest BCUT2D eigenvalue weighted by molar-refractivity contribution is 6.02. The van der Waals surface area contributed by atoms with Crippen LogP contribution in [0.15, 0.2) is 0 Å². The first-order valence-corrected chi connectivity index (χ1v) is 4.09. The second kappa shape index (κ2) is 7.49. The molecule has 0 heterocycles. The lowest BCUT2D eigenvalue weighted by molar-refractivity contribution is -0.151. The van der Waals surface area contributed by atoms with E-state index in [4.69, 9.17) is 10.2 Å². The van der Waals surface area contributed by atoms with Crippen molar-refractivity contribution in [2.45, 2.75) is 12.8 Å². The van der Waals surface area contributed by atoms with Gasteiger partial charge in [-0.15, -0.1) is 0 Å². The molecule has 0 aliphatic heterocycles. The van der Waals surface area contributed by atoms with Crippen molar-refractivity contribution in [1.82, 2.24) is 0 Å². The zero-order chi connectivity index (χ0) is 13.3. The van der Waals surface area contributed by atoms with Gasteiger partial charge in [-0.25, -0.2) is 9.59 Å². The van der Waals surface area contributed by atoms with Crippen LogP contribution in [0, 0.1) is 23.7 Å². The number of rotatable bonds is 2. The van der Waals surface area contributed by atoms with Crippen molar-refractivity contribution < 1.29 is 34.1 Å². The van der Waals surface area contributed by atoms with E-state index in [1.807, 2.05) is 11.8 Å². The Hall–Kier alpha value is -2.80. The van der Waals surface area contributed by atoms with E-state index in [9.17, 15) is 19.2 Å². The number of hydrogen-bond donors (Lipinski definition) is 2. The van der Waals surface area contributed by atoms with E-state index in [0.717, 1.165) is 0 Å². The third-order valence-corrected chi connectivity index (χ3v) is 1.05. The molecule has 88 valence electrons. The number of carboxylic acid groups (broad SMARTS) is 2. The number of hydrogen-bond acceptors (Lipinski definition) is 5. The fourth-order valence-corrected chi connectivity index (χ4v) is 0.519. The molecule has 17 heavy (non-hydrogen) atoms. The summed E-state index contributed by atoms with van der Waals surface area (Å²) in [5.74, 6) is 2.44. The Morgan fingerprint density at radius 2 is 1.18 bits per heavy atom. The average molecular weight is 238 g/mol. The summed E-state index contributed by atoms with van der Waals surface area (Å²) < 4.78 is 4.00. The third-order valence-electron chi connectivity index (χ3n) is 1.05. The zero-order valence-electron chi connectivity index (χ0n) is 8.35. The minimum atomic E-state index is -1.25. The average Bonchev–Trinajstić information content (AvgIpc) is 2.15. The highest BCUT2D eigenvalue weighted by Crippen LogP contribution is 1.81. The molecule has 7 nitrogen and oxygen atoms in total. The van der Waals surface area contributed by atoms with Gasteiger partial charge in [-0.1, -0.05) is 11.8 Å². The lowest BCUT2D eigenvalue weighted by Crippen LogP contribution is -2.08. The summed E-state index contributed by atoms with van der Waals surface area (Å²) in [6.07, 6.45) is -1.12. The van der Waals surface area contributed by atoms with E-state index >= 15 is 0 Å². The van der Waals surface area contributed by atoms with Gasteiger partial charge in [0.1, 0.15) is 12.8 Å². The van der Waals surface area contributed by atoms with Crippen LogP contribution in [0.2, 0.25) is 0 Å². The summed E-state index contributed by atoms with van der Waals surface area (Å²) in [5, 5.41) is 16.4. The van der Waals surface area contributed by atoms with Crippen LogP contribution < -0.4 is 0 Å². The van der Waals surface area contributed by atoms with E-state index in [0.29, 0.717) is 0 Å². The van der Waals surface area contributed by atoms with Crippen LogP contribution >= 0.6 is 0 Å². The normalized spacial score (nSPS) is 7.76. The molecule has 0 saturated heterocycles. The standard InChI is InChI=1S/C10H6O7/c11-7(12)3-1-5-9(15)17-10(16)6-2-4-8(13)14/h3-4H2,(H,11,12)(H,13,14). The number of aliphatic carboxylic acids is 2. The Balaban J connectivity index is 4.14. The van der Waals surface area contributed by atoms with Gasteiger partial charge in [0.15, 0.2) is 0 Å². The quantitative estimate of drug-likeness (QED) is 0.274. The van der Waals surface area contributed by atoms with Gasteiger partial charge in [0.25, 0.3) is 0 Å². The maximum Gasteiger partial charge on any atom is 0.392 e. The topological polar surface area (TPSA) is 118 Å². The largest absolute Gasteiger partial charge is 0.481 e. The summed E-state index contributed by atoms with van der Waals surface area (Å²) in [6, 6.07) is 0. The highest BCUT2D eigenvalue weighted by Gasteiger charge is 2.04. The van der Waals surface area contributed by atoms with E-state index < -0.39 is 36.7 Å². The SMILES string of the molecule is O=C(O)CC#CC(=O)OC(=O)C#CCC(=O)O. The number of carboxylic acids is 2. The van der Waals surface area contributed by atoms with Crippen LogP contribution in [0.5, 0.6) is 0 Å². The molecule has 0 rings (SSSR count). The van der Waals surface area contributed by atoms with Crippen molar-refractivity contribution in [3.8, 4) is 23.7 Å². The molecule has 0 aliphatic carbocycles. The molecule has 0 aromatic heterocycles. The molecule has 0 aliphatic rings. The Bertz CT molecular complexity index is 422. The Morgan fingerprint density at radius 1 is 0.824 bits per heavy atom. The van der Waals surface area contributed by atoms with Gasteiger partial charge < -0.3 is 14.9 Å². The van der Waals surface area contributed by atoms with Crippen molar-refractivity contribution >= 4 is 23.9 Å². The number of esters is 2. The summed E-state index contributed by atoms with van der Waals surface area (Å²) in [7, 11) is 0. The molecule has 7 heteroatoms. The molecule has 0 aromatic carbocycles. The summed E-state index contributed by atoms with van der Waals surface area (Å²) in [5.41, 5.74) is 0. The second-order valence-electron chi connectivity index (χ2n) is 2.42. The second-order valence-corrected chi connectivity index (χ2v) is 2.42. The lowest BCUT2D eigenvalue weighted by atomic mass is 10.4. The van der Waals surface area contributed by atoms with Gasteiger partial charge in [0, 0.05) is 11.8 Å². The molecule has 0 fully saturated rings. The van der Waals surface area contributed by atoms with E-state index in [2.05, 4.69) is 4.74 Å². The van der Waals surface area contributed by atoms with Crippen molar-refractivity contribution in [2.75, 3.05) is 0 Å². The zero-order valence-corrected chi connectivity index (χ0v) is 8.35. The van der Waals surface area contributed by atoms with Gasteiger partial charge in [0.2, 0.25) is 0 Å². The first kappa shape index (κ1) is 14.2. The lowest BCUT2D eigenvalue weighted by Gasteiger charge is -1.88. The Labute approximate surface area is 95.4 Å². The minimum absolute atomic E-state index is 0.562. The van der Waals surface area contributed by atoms with Crippen LogP contribution in [-0.4, -0.2) is 34.1 Å². The molecule has 0 aromatic rings. The number of carbonyl (C=O) groups excluding carboxylic acids is 2. The maximum atomic E-state index is 10.7. The van der Waals surface area contributed by atoms with Crippen LogP contribution in [0.4, 0.5) is 0 Å². The van der Waals surface area contributed by atoms with Gasteiger partial charge in [-0.05, 0) is 0 Å². The first-order chi connectivity index (χ1) is 7.91. The molecule has 0 saturated carbocycles. The Kier molecular flexibility index (Phi) is 6.25. The minimum Gasteiger partial charge on any atom is -0.481 e. The van der Waals surface area contributed by atoms with E-state index in [1.165, 1.54) is 0 Å². The van der Waals surface area contributed by atoms with Crippen LogP contribution in [0.25, 0.3) is 0 Å². The molecule has 0 amide bonds. The van der Waals surface area contributed by atoms with Crippen LogP contribution in [-0.2, 0) is 23.9 Å². The van der Waals surface area contributed by atoms with Gasteiger partial charge in [-0.3, -0.25) is 9.59 Å². The van der Waals surface area contributed by atoms with Crippen LogP contribution in [0.3, 0.4) is 0 Å². The van der Waals surface area contributed by atoms with E-state index in [1.54, 1.807) is 11.8 Å². The summed E-state index contributed by atoms with van der Waals surface area (Å²) in [4.78, 5) is 41.5. The smallest absolute Gasteiger partial charge is 0.392 e. The maximum absolute atomic E-state index is 10.7. The number of carbonyl (C=O) groups is 4. The predicted molar refractivity (Wildman–Crippen MR) is 51.2 cm³/mol. The molecular weight excluding hydrogens is 232 g/mol. The molecule has 0 spiro atoms. The molecule has 2 N–H and O–H groups in total. The van der Waals surface area contributed by atoms with Crippen molar-refractivity contribution in [2.24, 2.45) is 0 Å². The third kappa shape index (κ3) is 9.50. The molecule has 0 bridgehead atoms. The number of ether oxygens (including phenoxy) is 1. The Morgan fingerprint density at radius 3 is 1.47 bits per heavy atom. The monoisotopic (exact) mass is 238 g/mol. The summed E-state index contributed by atoms with van der Waals surface area (Å²) >= 11 is 0. The van der Waals surface area contributed by atoms with E-state index in [-0.39, 0.29) is 0 Å². The molecular formula is C10H6O7. The van der Waals surface area contributed by atoms with Crippen molar-refractivity contribution in [3.63, 3.8) is 0 Å². The molecule has 0 atom stereocenters. The first-order valence-electron chi connectivity index (χ1n) is 4.09. The fraction of sp³-hybridized carbons (Fsp3) is 0.200. The summed E-state index contributed by atoms with van der Waals surface area (Å²) in [6.45, 7) is 0. The molecule has 0 unspecified atom stereocenters. The van der Waals surface area contributed by atoms with Gasteiger partial charge >= 0.3 is 23.9 Å². The predicted octanol–water partition coefficient (Wildman–Crippen LogP) is -0.988. The highest BCUT2D eigenvalue weighted by atomic mass is 16.6. The van der Waals surface area contributed by atoms with Crippen molar-refractivity contribution in [1.29, 1.82) is 0 Å². The fourth-order valence-electron chi connectivity index (χ4n) is 0.519.